The number of esters is 2. The van der Waals surface area contributed by atoms with Gasteiger partial charge in [0.25, 0.3) is 5.91 Å². The van der Waals surface area contributed by atoms with E-state index >= 15 is 0 Å². The summed E-state index contributed by atoms with van der Waals surface area (Å²) in [5.74, 6) is -1.98. The van der Waals surface area contributed by atoms with Gasteiger partial charge in [-0.1, -0.05) is 0 Å². The van der Waals surface area contributed by atoms with E-state index in [0.717, 1.165) is 11.3 Å². The number of carbonyl (C=O) groups is 4. The first-order chi connectivity index (χ1) is 17.0. The van der Waals surface area contributed by atoms with Crippen LogP contribution in [0.3, 0.4) is 0 Å². The number of nitrogens with one attached hydrogen (secondary N) is 2. The Bertz CT molecular complexity index is 1220. The highest BCUT2D eigenvalue weighted by atomic mass is 32.2. The van der Waals surface area contributed by atoms with Crippen LogP contribution < -0.4 is 14.8 Å². The molecule has 0 fully saturated rings. The average molecular weight is 541 g/mol. The Hall–Kier alpha value is -3.29. The largest absolute Gasteiger partial charge is 0.494 e. The molecule has 0 radical (unpaired) electrons. The first-order valence-electron chi connectivity index (χ1n) is 11.0. The van der Waals surface area contributed by atoms with Crippen LogP contribution in [0.5, 0.6) is 5.75 Å². The van der Waals surface area contributed by atoms with Gasteiger partial charge in [0.2, 0.25) is 10.0 Å². The van der Waals surface area contributed by atoms with Crippen molar-refractivity contribution in [2.45, 2.75) is 39.0 Å². The molecule has 2 N–H and O–H groups in total. The van der Waals surface area contributed by atoms with E-state index in [9.17, 15) is 27.6 Å². The van der Waals surface area contributed by atoms with Crippen molar-refractivity contribution in [2.75, 3.05) is 31.7 Å². The molecular weight excluding hydrogens is 512 g/mol. The smallest absolute Gasteiger partial charge is 0.341 e. The second-order valence-electron chi connectivity index (χ2n) is 7.30. The van der Waals surface area contributed by atoms with Crippen LogP contribution in [-0.4, -0.2) is 58.4 Å². The third-order valence-electron chi connectivity index (χ3n) is 4.63. The zero-order valence-corrected chi connectivity index (χ0v) is 22.0. The van der Waals surface area contributed by atoms with Gasteiger partial charge in [-0.2, -0.15) is 0 Å². The molecule has 0 saturated heterocycles. The molecule has 1 aromatic heterocycles. The maximum Gasteiger partial charge on any atom is 0.341 e. The fourth-order valence-corrected chi connectivity index (χ4v) is 5.16. The van der Waals surface area contributed by atoms with Crippen molar-refractivity contribution in [3.8, 4) is 5.75 Å². The summed E-state index contributed by atoms with van der Waals surface area (Å²) in [6, 6.07) is 5.80. The highest BCUT2D eigenvalue weighted by molar-refractivity contribution is 7.89. The number of amides is 1. The van der Waals surface area contributed by atoms with E-state index in [1.54, 1.807) is 13.8 Å². The van der Waals surface area contributed by atoms with Crippen LogP contribution >= 0.6 is 11.3 Å². The summed E-state index contributed by atoms with van der Waals surface area (Å²) in [5, 5.41) is 2.58. The van der Waals surface area contributed by atoms with Crippen LogP contribution in [0.2, 0.25) is 0 Å². The highest BCUT2D eigenvalue weighted by Crippen LogP contribution is 2.34. The zero-order valence-electron chi connectivity index (χ0n) is 20.3. The summed E-state index contributed by atoms with van der Waals surface area (Å²) in [4.78, 5) is 48.7. The molecule has 1 aromatic carbocycles. The summed E-state index contributed by atoms with van der Waals surface area (Å²) < 4.78 is 42.1. The number of thiophene rings is 1. The molecule has 2 rings (SSSR count). The van der Waals surface area contributed by atoms with Crippen molar-refractivity contribution in [3.63, 3.8) is 0 Å². The second-order valence-corrected chi connectivity index (χ2v) is 10.1. The Balaban J connectivity index is 1.89. The molecule has 11 nitrogen and oxygen atoms in total. The average Bonchev–Trinajstić information content (AvgIpc) is 3.14. The quantitative estimate of drug-likeness (QED) is 0.288. The third kappa shape index (κ3) is 7.86. The first-order valence-corrected chi connectivity index (χ1v) is 13.3. The van der Waals surface area contributed by atoms with Gasteiger partial charge >= 0.3 is 11.9 Å². The predicted octanol–water partition coefficient (Wildman–Crippen LogP) is 2.68. The van der Waals surface area contributed by atoms with Gasteiger partial charge in [0.1, 0.15) is 10.8 Å². The van der Waals surface area contributed by atoms with Crippen LogP contribution in [0.25, 0.3) is 0 Å². The van der Waals surface area contributed by atoms with E-state index < -0.39 is 34.5 Å². The van der Waals surface area contributed by atoms with Gasteiger partial charge in [0.05, 0.1) is 35.0 Å². The third-order valence-corrected chi connectivity index (χ3v) is 7.41. The first kappa shape index (κ1) is 28.9. The lowest BCUT2D eigenvalue weighted by Crippen LogP contribution is -2.28. The molecule has 0 atom stereocenters. The van der Waals surface area contributed by atoms with E-state index in [0.29, 0.717) is 22.8 Å². The van der Waals surface area contributed by atoms with Crippen LogP contribution in [0.1, 0.15) is 52.8 Å². The lowest BCUT2D eigenvalue weighted by atomic mass is 10.1. The Morgan fingerprint density at radius 1 is 1.00 bits per heavy atom. The molecule has 0 aliphatic rings. The van der Waals surface area contributed by atoms with Gasteiger partial charge in [0.15, 0.2) is 12.4 Å². The number of hydrogen-bond donors (Lipinski definition) is 2. The van der Waals surface area contributed by atoms with Gasteiger partial charge in [0, 0.05) is 6.54 Å². The van der Waals surface area contributed by atoms with Crippen molar-refractivity contribution >= 4 is 50.0 Å². The Labute approximate surface area is 213 Å². The minimum absolute atomic E-state index is 0.00673. The maximum absolute atomic E-state index is 12.3. The van der Waals surface area contributed by atoms with Crippen molar-refractivity contribution in [3.05, 3.63) is 40.3 Å². The SMILES string of the molecule is CCOC(=O)c1c(NC(=O)COC(=O)CCNS(=O)(=O)c2ccc(OCC)cc2)sc(C(C)=O)c1C. The topological polar surface area (TPSA) is 154 Å². The van der Waals surface area contributed by atoms with E-state index in [1.807, 2.05) is 6.92 Å². The van der Waals surface area contributed by atoms with Crippen molar-refractivity contribution < 1.29 is 41.8 Å². The van der Waals surface area contributed by atoms with Crippen molar-refractivity contribution in [1.29, 1.82) is 0 Å². The molecule has 0 aliphatic carbocycles. The Morgan fingerprint density at radius 2 is 1.67 bits per heavy atom. The minimum atomic E-state index is -3.85. The highest BCUT2D eigenvalue weighted by Gasteiger charge is 2.25. The standard InChI is InChI=1S/C23H28N2O9S2/c1-5-32-16-7-9-17(10-8-16)36(30,31)24-12-11-19(28)34-13-18(27)25-22-20(23(29)33-6-2)14(3)21(35-22)15(4)26/h7-10,24H,5-6,11-13H2,1-4H3,(H,25,27). The molecule has 0 spiro atoms. The summed E-state index contributed by atoms with van der Waals surface area (Å²) >= 11 is 0.922. The van der Waals surface area contributed by atoms with Gasteiger partial charge in [-0.25, -0.2) is 17.9 Å². The zero-order chi connectivity index (χ0) is 26.9. The molecule has 0 aliphatic heterocycles. The number of Topliss-reactive ketones (excluding diaryl/α,β-unsaturated/α-hetero) is 1. The van der Waals surface area contributed by atoms with Crippen LogP contribution in [-0.2, 0) is 29.1 Å². The molecule has 1 amide bonds. The van der Waals surface area contributed by atoms with Gasteiger partial charge in [-0.15, -0.1) is 11.3 Å². The van der Waals surface area contributed by atoms with E-state index in [4.69, 9.17) is 14.2 Å². The molecule has 2 aromatic rings. The number of anilines is 1. The van der Waals surface area contributed by atoms with E-state index in [-0.39, 0.29) is 40.8 Å². The second kappa shape index (κ2) is 13.1. The van der Waals surface area contributed by atoms with Crippen LogP contribution in [0.15, 0.2) is 29.2 Å². The summed E-state index contributed by atoms with van der Waals surface area (Å²) in [7, 11) is -3.85. The molecule has 13 heteroatoms. The molecule has 1 heterocycles. The number of ketones is 1. The molecule has 196 valence electrons. The lowest BCUT2D eigenvalue weighted by Gasteiger charge is -2.09. The number of hydrogen-bond acceptors (Lipinski definition) is 10. The predicted molar refractivity (Wildman–Crippen MR) is 132 cm³/mol. The fraction of sp³-hybridized carbons (Fsp3) is 0.391. The summed E-state index contributed by atoms with van der Waals surface area (Å²) in [6.45, 7) is 5.99. The molecular formula is C23H28N2O9S2. The van der Waals surface area contributed by atoms with Gasteiger partial charge < -0.3 is 19.5 Å². The van der Waals surface area contributed by atoms with E-state index in [2.05, 4.69) is 10.0 Å². The minimum Gasteiger partial charge on any atom is -0.494 e. The molecule has 36 heavy (non-hydrogen) atoms. The number of benzene rings is 1. The van der Waals surface area contributed by atoms with Crippen molar-refractivity contribution in [1.82, 2.24) is 4.72 Å². The number of ether oxygens (including phenoxy) is 3. The normalized spacial score (nSPS) is 11.0. The van der Waals surface area contributed by atoms with Gasteiger partial charge in [-0.05, 0) is 57.5 Å². The van der Waals surface area contributed by atoms with E-state index in [1.165, 1.54) is 31.2 Å². The molecule has 0 bridgehead atoms. The molecule has 0 unspecified atom stereocenters. The lowest BCUT2D eigenvalue weighted by molar-refractivity contribution is -0.147. The summed E-state index contributed by atoms with van der Waals surface area (Å²) in [6.07, 6.45) is -0.315. The summed E-state index contributed by atoms with van der Waals surface area (Å²) in [5.41, 5.74) is 0.452. The molecule has 0 saturated carbocycles. The van der Waals surface area contributed by atoms with Crippen LogP contribution in [0, 0.1) is 6.92 Å². The maximum atomic E-state index is 12.3. The van der Waals surface area contributed by atoms with Gasteiger partial charge in [-0.3, -0.25) is 14.4 Å². The fourth-order valence-electron chi connectivity index (χ4n) is 3.02. The van der Waals surface area contributed by atoms with Crippen molar-refractivity contribution in [2.24, 2.45) is 0 Å². The monoisotopic (exact) mass is 540 g/mol. The number of rotatable bonds is 13. The van der Waals surface area contributed by atoms with Crippen LogP contribution in [0.4, 0.5) is 5.00 Å². The Kier molecular flexibility index (Phi) is 10.6. The number of sulfonamides is 1. The number of carbonyl (C=O) groups excluding carboxylic acids is 4. The Morgan fingerprint density at radius 3 is 2.25 bits per heavy atom.